The SMILES string of the molecule is N=C(N)c1ccc(OCCCCn2ccn(CCCOc3ccc(C(=N)N)cc3)c2=N)cc1. The second-order valence-electron chi connectivity index (χ2n) is 7.64. The minimum Gasteiger partial charge on any atom is -0.494 e. The number of nitrogens with two attached hydrogens (primary N) is 2. The van der Waals surface area contributed by atoms with Gasteiger partial charge in [0.25, 0.3) is 0 Å². The Bertz CT molecular complexity index is 1110. The summed E-state index contributed by atoms with van der Waals surface area (Å²) in [6, 6.07) is 14.3. The van der Waals surface area contributed by atoms with Crippen molar-refractivity contribution in [1.82, 2.24) is 9.13 Å². The van der Waals surface area contributed by atoms with Crippen LogP contribution in [0.1, 0.15) is 30.4 Å². The molecule has 1 heterocycles. The van der Waals surface area contributed by atoms with Gasteiger partial charge in [-0.15, -0.1) is 0 Å². The van der Waals surface area contributed by atoms with E-state index in [1.807, 2.05) is 33.7 Å². The maximum Gasteiger partial charge on any atom is 0.202 e. The highest BCUT2D eigenvalue weighted by atomic mass is 16.5. The molecule has 0 unspecified atom stereocenters. The number of hydrogen-bond donors (Lipinski definition) is 5. The number of ether oxygens (including phenoxy) is 2. The first-order valence-electron chi connectivity index (χ1n) is 10.9. The molecule has 2 aromatic carbocycles. The number of aromatic nitrogens is 2. The van der Waals surface area contributed by atoms with Crippen molar-refractivity contribution in [3.63, 3.8) is 0 Å². The Labute approximate surface area is 193 Å². The van der Waals surface area contributed by atoms with Crippen LogP contribution in [0.25, 0.3) is 0 Å². The van der Waals surface area contributed by atoms with Crippen LogP contribution in [0.15, 0.2) is 60.9 Å². The summed E-state index contributed by atoms with van der Waals surface area (Å²) < 4.78 is 15.3. The average Bonchev–Trinajstić information content (AvgIpc) is 3.16. The summed E-state index contributed by atoms with van der Waals surface area (Å²) in [5, 5.41) is 23.2. The lowest BCUT2D eigenvalue weighted by Gasteiger charge is -2.08. The van der Waals surface area contributed by atoms with E-state index in [1.54, 1.807) is 36.4 Å². The fourth-order valence-corrected chi connectivity index (χ4v) is 3.29. The van der Waals surface area contributed by atoms with Gasteiger partial charge in [-0.1, -0.05) is 0 Å². The average molecular weight is 450 g/mol. The van der Waals surface area contributed by atoms with E-state index in [0.29, 0.717) is 36.5 Å². The van der Waals surface area contributed by atoms with Crippen molar-refractivity contribution in [2.45, 2.75) is 32.4 Å². The van der Waals surface area contributed by atoms with Crippen LogP contribution in [0, 0.1) is 16.2 Å². The number of hydrogen-bond acceptors (Lipinski definition) is 5. The summed E-state index contributed by atoms with van der Waals surface area (Å²) in [5.74, 6) is 1.59. The summed E-state index contributed by atoms with van der Waals surface area (Å²) >= 11 is 0. The van der Waals surface area contributed by atoms with E-state index in [1.165, 1.54) is 0 Å². The summed E-state index contributed by atoms with van der Waals surface area (Å²) in [6.45, 7) is 2.61. The molecular weight excluding hydrogens is 418 g/mol. The molecule has 0 spiro atoms. The van der Waals surface area contributed by atoms with Crippen LogP contribution in [0.5, 0.6) is 11.5 Å². The molecule has 0 radical (unpaired) electrons. The van der Waals surface area contributed by atoms with Gasteiger partial charge < -0.3 is 30.1 Å². The van der Waals surface area contributed by atoms with Gasteiger partial charge in [-0.3, -0.25) is 16.2 Å². The fourth-order valence-electron chi connectivity index (χ4n) is 3.29. The Morgan fingerprint density at radius 1 is 0.667 bits per heavy atom. The van der Waals surface area contributed by atoms with E-state index >= 15 is 0 Å². The summed E-state index contributed by atoms with van der Waals surface area (Å²) in [5.41, 5.74) is 12.7. The molecule has 0 fully saturated rings. The molecule has 0 saturated carbocycles. The van der Waals surface area contributed by atoms with Gasteiger partial charge in [0.1, 0.15) is 23.2 Å². The number of benzene rings is 2. The number of nitrogen functional groups attached to an aromatic ring is 2. The van der Waals surface area contributed by atoms with E-state index in [2.05, 4.69) is 0 Å². The van der Waals surface area contributed by atoms with Gasteiger partial charge in [0, 0.05) is 36.6 Å². The van der Waals surface area contributed by atoms with Crippen molar-refractivity contribution in [2.75, 3.05) is 13.2 Å². The Balaban J connectivity index is 1.34. The number of imidazole rings is 1. The molecule has 0 aliphatic carbocycles. The molecule has 3 rings (SSSR count). The van der Waals surface area contributed by atoms with Crippen LogP contribution in [0.2, 0.25) is 0 Å². The minimum absolute atomic E-state index is 0.0402. The lowest BCUT2D eigenvalue weighted by Crippen LogP contribution is -2.25. The van der Waals surface area contributed by atoms with E-state index in [4.69, 9.17) is 37.2 Å². The first-order chi connectivity index (χ1) is 15.9. The van der Waals surface area contributed by atoms with Crippen molar-refractivity contribution in [3.05, 3.63) is 77.7 Å². The van der Waals surface area contributed by atoms with Crippen LogP contribution < -0.4 is 26.6 Å². The first-order valence-corrected chi connectivity index (χ1v) is 10.9. The number of nitrogens with one attached hydrogen (secondary N) is 3. The molecule has 9 nitrogen and oxygen atoms in total. The zero-order valence-corrected chi connectivity index (χ0v) is 18.6. The maximum absolute atomic E-state index is 8.35. The van der Waals surface area contributed by atoms with Crippen LogP contribution in [0.4, 0.5) is 0 Å². The third-order valence-electron chi connectivity index (χ3n) is 5.18. The molecule has 9 heteroatoms. The highest BCUT2D eigenvalue weighted by Crippen LogP contribution is 2.13. The summed E-state index contributed by atoms with van der Waals surface area (Å²) in [7, 11) is 0. The number of rotatable bonds is 13. The monoisotopic (exact) mass is 449 g/mol. The van der Waals surface area contributed by atoms with Gasteiger partial charge in [0.2, 0.25) is 5.62 Å². The second-order valence-corrected chi connectivity index (χ2v) is 7.64. The molecule has 0 bridgehead atoms. The Kier molecular flexibility index (Phi) is 8.29. The normalized spacial score (nSPS) is 10.7. The van der Waals surface area contributed by atoms with Crippen molar-refractivity contribution in [3.8, 4) is 11.5 Å². The Morgan fingerprint density at radius 3 is 1.55 bits per heavy atom. The van der Waals surface area contributed by atoms with Crippen LogP contribution in [-0.4, -0.2) is 34.0 Å². The fraction of sp³-hybridized carbons (Fsp3) is 0.292. The Hall–Kier alpha value is -4.01. The number of aryl methyl sites for hydroxylation is 2. The highest BCUT2D eigenvalue weighted by molar-refractivity contribution is 5.95. The van der Waals surface area contributed by atoms with Crippen molar-refractivity contribution < 1.29 is 9.47 Å². The minimum atomic E-state index is 0.0402. The predicted molar refractivity (Wildman–Crippen MR) is 128 cm³/mol. The topological polar surface area (TPSA) is 152 Å². The predicted octanol–water partition coefficient (Wildman–Crippen LogP) is 2.67. The summed E-state index contributed by atoms with van der Waals surface area (Å²) in [6.07, 6.45) is 6.43. The highest BCUT2D eigenvalue weighted by Gasteiger charge is 2.03. The lowest BCUT2D eigenvalue weighted by atomic mass is 10.2. The van der Waals surface area contributed by atoms with Crippen molar-refractivity contribution in [2.24, 2.45) is 11.5 Å². The smallest absolute Gasteiger partial charge is 0.202 e. The molecular formula is C24H31N7O2. The van der Waals surface area contributed by atoms with Gasteiger partial charge in [-0.2, -0.15) is 0 Å². The van der Waals surface area contributed by atoms with Crippen LogP contribution >= 0.6 is 0 Å². The standard InChI is InChI=1S/C24H31N7O2/c25-22(26)18-4-8-20(9-5-18)32-16-2-1-12-30-14-15-31(24(30)29)13-3-17-33-21-10-6-19(7-11-21)23(27)28/h4-11,14-15,29H,1-3,12-13,16-17H2,(H3,25,26)(H3,27,28). The van der Waals surface area contributed by atoms with E-state index < -0.39 is 0 Å². The molecule has 3 aromatic rings. The van der Waals surface area contributed by atoms with Gasteiger partial charge in [-0.25, -0.2) is 0 Å². The zero-order valence-electron chi connectivity index (χ0n) is 18.6. The summed E-state index contributed by atoms with van der Waals surface area (Å²) in [4.78, 5) is 0. The third-order valence-corrected chi connectivity index (χ3v) is 5.18. The molecule has 7 N–H and O–H groups in total. The zero-order chi connectivity index (χ0) is 23.6. The molecule has 0 aliphatic heterocycles. The van der Waals surface area contributed by atoms with Gasteiger partial charge >= 0.3 is 0 Å². The van der Waals surface area contributed by atoms with Gasteiger partial charge in [0.05, 0.1) is 13.2 Å². The van der Waals surface area contributed by atoms with Crippen LogP contribution in [-0.2, 0) is 13.1 Å². The molecule has 0 atom stereocenters. The quantitative estimate of drug-likeness (QED) is 0.155. The van der Waals surface area contributed by atoms with Crippen molar-refractivity contribution in [1.29, 1.82) is 16.2 Å². The molecule has 1 aromatic heterocycles. The van der Waals surface area contributed by atoms with Gasteiger partial charge in [-0.05, 0) is 67.8 Å². The molecule has 33 heavy (non-hydrogen) atoms. The van der Waals surface area contributed by atoms with E-state index in [9.17, 15) is 0 Å². The lowest BCUT2D eigenvalue weighted by molar-refractivity contribution is 0.298. The molecule has 174 valence electrons. The number of nitrogens with zero attached hydrogens (tertiary/aromatic N) is 2. The maximum atomic E-state index is 8.35. The van der Waals surface area contributed by atoms with Gasteiger partial charge in [0.15, 0.2) is 0 Å². The molecule has 0 saturated heterocycles. The molecule has 0 amide bonds. The second kappa shape index (κ2) is 11.6. The van der Waals surface area contributed by atoms with Crippen molar-refractivity contribution >= 4 is 11.7 Å². The van der Waals surface area contributed by atoms with Crippen LogP contribution in [0.3, 0.4) is 0 Å². The van der Waals surface area contributed by atoms with E-state index in [-0.39, 0.29) is 11.7 Å². The first kappa shape index (κ1) is 23.6. The largest absolute Gasteiger partial charge is 0.494 e. The number of unbranched alkanes of at least 4 members (excludes halogenated alkanes) is 1. The molecule has 0 aliphatic rings. The van der Waals surface area contributed by atoms with E-state index in [0.717, 1.165) is 37.3 Å². The number of amidine groups is 2. The third kappa shape index (κ3) is 6.99. The Morgan fingerprint density at radius 2 is 1.09 bits per heavy atom.